The molecule has 0 saturated heterocycles. The van der Waals surface area contributed by atoms with Crippen LogP contribution in [0.15, 0.2) is 0 Å². The van der Waals surface area contributed by atoms with Crippen molar-refractivity contribution in [1.29, 1.82) is 0 Å². The van der Waals surface area contributed by atoms with E-state index in [1.54, 1.807) is 0 Å². The lowest BCUT2D eigenvalue weighted by molar-refractivity contribution is -0.118. The van der Waals surface area contributed by atoms with Crippen molar-refractivity contribution in [2.75, 3.05) is 24.6 Å². The molecule has 0 heterocycles. The Balaban J connectivity index is 2.13. The highest BCUT2D eigenvalue weighted by Crippen LogP contribution is 2.18. The maximum atomic E-state index is 11.6. The van der Waals surface area contributed by atoms with E-state index >= 15 is 0 Å². The third kappa shape index (κ3) is 7.33. The van der Waals surface area contributed by atoms with Gasteiger partial charge in [0.25, 0.3) is 0 Å². The standard InChI is InChI=1S/C11H22N2O3S/c1-2-12-7-3-4-8-17(15,16)9-11(14)13-10-5-6-10/h10,12H,2-9H2,1H3,(H,13,14). The lowest BCUT2D eigenvalue weighted by atomic mass is 10.3. The van der Waals surface area contributed by atoms with E-state index in [1.165, 1.54) is 0 Å². The van der Waals surface area contributed by atoms with Gasteiger partial charge in [0.2, 0.25) is 5.91 Å². The third-order valence-electron chi connectivity index (χ3n) is 2.60. The molecular weight excluding hydrogens is 240 g/mol. The van der Waals surface area contributed by atoms with E-state index in [0.717, 1.165) is 32.4 Å². The van der Waals surface area contributed by atoms with Gasteiger partial charge in [-0.3, -0.25) is 4.79 Å². The molecule has 5 nitrogen and oxygen atoms in total. The number of sulfone groups is 1. The summed E-state index contributed by atoms with van der Waals surface area (Å²) in [4.78, 5) is 11.3. The van der Waals surface area contributed by atoms with Crippen LogP contribution in [0, 0.1) is 0 Å². The number of unbranched alkanes of at least 4 members (excludes halogenated alkanes) is 1. The lowest BCUT2D eigenvalue weighted by Crippen LogP contribution is -2.32. The molecule has 1 amide bonds. The lowest BCUT2D eigenvalue weighted by Gasteiger charge is -2.05. The fraction of sp³-hybridized carbons (Fsp3) is 0.909. The van der Waals surface area contributed by atoms with Gasteiger partial charge >= 0.3 is 0 Å². The Morgan fingerprint density at radius 1 is 1.29 bits per heavy atom. The fourth-order valence-electron chi connectivity index (χ4n) is 1.52. The van der Waals surface area contributed by atoms with E-state index in [1.807, 2.05) is 6.92 Å². The zero-order valence-electron chi connectivity index (χ0n) is 10.4. The summed E-state index contributed by atoms with van der Waals surface area (Å²) in [5.41, 5.74) is 0. The molecule has 0 spiro atoms. The van der Waals surface area contributed by atoms with Crippen LogP contribution in [0.1, 0.15) is 32.6 Å². The second-order valence-electron chi connectivity index (χ2n) is 4.49. The molecule has 1 saturated carbocycles. The Kier molecular flexibility index (Phi) is 5.91. The Hall–Kier alpha value is -0.620. The van der Waals surface area contributed by atoms with Crippen molar-refractivity contribution in [3.8, 4) is 0 Å². The van der Waals surface area contributed by atoms with Crippen molar-refractivity contribution in [3.63, 3.8) is 0 Å². The van der Waals surface area contributed by atoms with Crippen molar-refractivity contribution in [2.45, 2.75) is 38.6 Å². The minimum atomic E-state index is -3.23. The number of nitrogens with one attached hydrogen (secondary N) is 2. The van der Waals surface area contributed by atoms with E-state index < -0.39 is 9.84 Å². The van der Waals surface area contributed by atoms with Crippen LogP contribution >= 0.6 is 0 Å². The molecule has 0 aromatic rings. The first-order chi connectivity index (χ1) is 8.03. The minimum absolute atomic E-state index is 0.108. The maximum Gasteiger partial charge on any atom is 0.235 e. The van der Waals surface area contributed by atoms with Crippen molar-refractivity contribution in [1.82, 2.24) is 10.6 Å². The first kappa shape index (κ1) is 14.4. The number of hydrogen-bond acceptors (Lipinski definition) is 4. The molecule has 0 bridgehead atoms. The van der Waals surface area contributed by atoms with Crippen LogP contribution in [-0.4, -0.2) is 45.0 Å². The Morgan fingerprint density at radius 2 is 2.00 bits per heavy atom. The highest BCUT2D eigenvalue weighted by atomic mass is 32.2. The molecule has 0 aromatic heterocycles. The molecular formula is C11H22N2O3S. The van der Waals surface area contributed by atoms with Gasteiger partial charge in [-0.25, -0.2) is 8.42 Å². The minimum Gasteiger partial charge on any atom is -0.352 e. The molecule has 2 N–H and O–H groups in total. The Labute approximate surface area is 103 Å². The van der Waals surface area contributed by atoms with Gasteiger partial charge in [-0.15, -0.1) is 0 Å². The number of rotatable bonds is 9. The first-order valence-electron chi connectivity index (χ1n) is 6.24. The van der Waals surface area contributed by atoms with Gasteiger partial charge in [0, 0.05) is 6.04 Å². The average Bonchev–Trinajstić information content (AvgIpc) is 3.00. The molecule has 1 aliphatic rings. The second-order valence-corrected chi connectivity index (χ2v) is 6.68. The predicted molar refractivity (Wildman–Crippen MR) is 67.6 cm³/mol. The predicted octanol–water partition coefficient (Wildman–Crippen LogP) is 0.0695. The normalized spacial score (nSPS) is 15.8. The van der Waals surface area contributed by atoms with Crippen molar-refractivity contribution >= 4 is 15.7 Å². The molecule has 0 atom stereocenters. The third-order valence-corrected chi connectivity index (χ3v) is 4.22. The first-order valence-corrected chi connectivity index (χ1v) is 8.06. The molecule has 100 valence electrons. The summed E-state index contributed by atoms with van der Waals surface area (Å²) in [5.74, 6) is -0.597. The van der Waals surface area contributed by atoms with E-state index in [2.05, 4.69) is 10.6 Å². The summed E-state index contributed by atoms with van der Waals surface area (Å²) in [6.45, 7) is 3.75. The van der Waals surface area contributed by atoms with Gasteiger partial charge in [0.15, 0.2) is 9.84 Å². The molecule has 17 heavy (non-hydrogen) atoms. The van der Waals surface area contributed by atoms with Gasteiger partial charge in [0.1, 0.15) is 5.75 Å². The second kappa shape index (κ2) is 6.96. The van der Waals surface area contributed by atoms with Crippen LogP contribution < -0.4 is 10.6 Å². The van der Waals surface area contributed by atoms with Gasteiger partial charge in [0.05, 0.1) is 5.75 Å². The number of amides is 1. The SMILES string of the molecule is CCNCCCCS(=O)(=O)CC(=O)NC1CC1. The summed E-state index contributed by atoms with van der Waals surface area (Å²) in [6, 6.07) is 0.228. The quantitative estimate of drug-likeness (QED) is 0.577. The maximum absolute atomic E-state index is 11.6. The summed E-state index contributed by atoms with van der Waals surface area (Å²) in [7, 11) is -3.23. The van der Waals surface area contributed by atoms with E-state index in [0.29, 0.717) is 6.42 Å². The van der Waals surface area contributed by atoms with Gasteiger partial charge in [-0.05, 0) is 38.8 Å². The summed E-state index contributed by atoms with van der Waals surface area (Å²) in [5, 5.41) is 5.83. The zero-order valence-corrected chi connectivity index (χ0v) is 11.2. The van der Waals surface area contributed by atoms with Gasteiger partial charge in [-0.1, -0.05) is 6.92 Å². The average molecular weight is 262 g/mol. The molecule has 0 radical (unpaired) electrons. The van der Waals surface area contributed by atoms with Crippen LogP contribution in [-0.2, 0) is 14.6 Å². The van der Waals surface area contributed by atoms with Gasteiger partial charge < -0.3 is 10.6 Å². The van der Waals surface area contributed by atoms with Crippen LogP contribution in [0.5, 0.6) is 0 Å². The highest BCUT2D eigenvalue weighted by molar-refractivity contribution is 7.92. The largest absolute Gasteiger partial charge is 0.352 e. The van der Waals surface area contributed by atoms with E-state index in [-0.39, 0.29) is 23.5 Å². The number of carbonyl (C=O) groups excluding carboxylic acids is 1. The molecule has 1 fully saturated rings. The Morgan fingerprint density at radius 3 is 2.59 bits per heavy atom. The molecule has 0 unspecified atom stereocenters. The van der Waals surface area contributed by atoms with Crippen molar-refractivity contribution in [2.24, 2.45) is 0 Å². The molecule has 0 aromatic carbocycles. The fourth-order valence-corrected chi connectivity index (χ4v) is 2.79. The molecule has 1 aliphatic carbocycles. The van der Waals surface area contributed by atoms with Crippen LogP contribution in [0.4, 0.5) is 0 Å². The van der Waals surface area contributed by atoms with Crippen LogP contribution in [0.25, 0.3) is 0 Å². The van der Waals surface area contributed by atoms with Crippen molar-refractivity contribution < 1.29 is 13.2 Å². The van der Waals surface area contributed by atoms with Crippen LogP contribution in [0.3, 0.4) is 0 Å². The monoisotopic (exact) mass is 262 g/mol. The summed E-state index contributed by atoms with van der Waals surface area (Å²) < 4.78 is 23.2. The Bertz CT molecular complexity index is 337. The highest BCUT2D eigenvalue weighted by Gasteiger charge is 2.25. The summed E-state index contributed by atoms with van der Waals surface area (Å²) in [6.07, 6.45) is 3.41. The van der Waals surface area contributed by atoms with Gasteiger partial charge in [-0.2, -0.15) is 0 Å². The molecule has 1 rings (SSSR count). The number of carbonyl (C=O) groups is 1. The number of hydrogen-bond donors (Lipinski definition) is 2. The zero-order chi connectivity index (χ0) is 12.7. The topological polar surface area (TPSA) is 75.3 Å². The molecule has 0 aliphatic heterocycles. The van der Waals surface area contributed by atoms with Crippen molar-refractivity contribution in [3.05, 3.63) is 0 Å². The summed E-state index contributed by atoms with van der Waals surface area (Å²) >= 11 is 0. The molecule has 6 heteroatoms. The smallest absolute Gasteiger partial charge is 0.235 e. The van der Waals surface area contributed by atoms with E-state index in [9.17, 15) is 13.2 Å². The van der Waals surface area contributed by atoms with Crippen LogP contribution in [0.2, 0.25) is 0 Å². The van der Waals surface area contributed by atoms with E-state index in [4.69, 9.17) is 0 Å².